The van der Waals surface area contributed by atoms with E-state index < -0.39 is 5.60 Å². The predicted octanol–water partition coefficient (Wildman–Crippen LogP) is 3.07. The van der Waals surface area contributed by atoms with Crippen LogP contribution in [0.5, 0.6) is 0 Å². The molecule has 0 spiro atoms. The van der Waals surface area contributed by atoms with E-state index in [4.69, 9.17) is 4.74 Å². The minimum atomic E-state index is -0.436. The second-order valence-electron chi connectivity index (χ2n) is 5.67. The Morgan fingerprint density at radius 2 is 1.56 bits per heavy atom. The standard InChI is InChI=1S/C14H30N2O2/c1-7-11(8-2)16-12(9-3)10-15-13(17)18-14(4,5)6/h11-12,16H,7-10H2,1-6H3,(H,15,17). The zero-order valence-corrected chi connectivity index (χ0v) is 12.8. The lowest BCUT2D eigenvalue weighted by Gasteiger charge is -2.25. The van der Waals surface area contributed by atoms with Gasteiger partial charge in [0, 0.05) is 18.6 Å². The number of carbonyl (C=O) groups is 1. The van der Waals surface area contributed by atoms with Crippen LogP contribution in [0.3, 0.4) is 0 Å². The van der Waals surface area contributed by atoms with Gasteiger partial charge in [0.15, 0.2) is 0 Å². The molecule has 0 radical (unpaired) electrons. The number of amides is 1. The summed E-state index contributed by atoms with van der Waals surface area (Å²) in [6.07, 6.45) is 2.87. The van der Waals surface area contributed by atoms with Crippen LogP contribution in [0, 0.1) is 0 Å². The van der Waals surface area contributed by atoms with Crippen molar-refractivity contribution >= 4 is 6.09 Å². The van der Waals surface area contributed by atoms with Crippen LogP contribution in [0.25, 0.3) is 0 Å². The van der Waals surface area contributed by atoms with Crippen molar-refractivity contribution in [3.63, 3.8) is 0 Å². The molecule has 2 N–H and O–H groups in total. The SMILES string of the molecule is CCC(CC)NC(CC)CNC(=O)OC(C)(C)C. The van der Waals surface area contributed by atoms with Crippen molar-refractivity contribution in [3.8, 4) is 0 Å². The molecule has 1 atom stereocenters. The van der Waals surface area contributed by atoms with Gasteiger partial charge in [-0.25, -0.2) is 4.79 Å². The molecule has 0 aromatic rings. The molecule has 0 aromatic heterocycles. The molecule has 1 amide bonds. The second kappa shape index (κ2) is 8.35. The highest BCUT2D eigenvalue weighted by molar-refractivity contribution is 5.67. The van der Waals surface area contributed by atoms with Crippen LogP contribution in [0.2, 0.25) is 0 Å². The number of rotatable bonds is 7. The van der Waals surface area contributed by atoms with Gasteiger partial charge in [-0.05, 0) is 40.0 Å². The molecule has 0 saturated heterocycles. The lowest BCUT2D eigenvalue weighted by Crippen LogP contribution is -2.45. The smallest absolute Gasteiger partial charge is 0.407 e. The van der Waals surface area contributed by atoms with Gasteiger partial charge in [-0.3, -0.25) is 0 Å². The first kappa shape index (κ1) is 17.2. The Labute approximate surface area is 112 Å². The highest BCUT2D eigenvalue weighted by Gasteiger charge is 2.17. The maximum absolute atomic E-state index is 11.5. The molecule has 0 aliphatic heterocycles. The van der Waals surface area contributed by atoms with Crippen molar-refractivity contribution in [1.29, 1.82) is 0 Å². The van der Waals surface area contributed by atoms with Gasteiger partial charge in [-0.1, -0.05) is 20.8 Å². The largest absolute Gasteiger partial charge is 0.444 e. The zero-order valence-electron chi connectivity index (χ0n) is 12.8. The first-order chi connectivity index (χ1) is 8.32. The van der Waals surface area contributed by atoms with E-state index in [1.54, 1.807) is 0 Å². The zero-order chi connectivity index (χ0) is 14.2. The molecule has 0 rings (SSSR count). The van der Waals surface area contributed by atoms with E-state index >= 15 is 0 Å². The first-order valence-corrected chi connectivity index (χ1v) is 7.05. The molecule has 0 saturated carbocycles. The quantitative estimate of drug-likeness (QED) is 0.738. The molecule has 1 unspecified atom stereocenters. The molecule has 0 bridgehead atoms. The fourth-order valence-electron chi connectivity index (χ4n) is 1.70. The molecular formula is C14H30N2O2. The third-order valence-electron chi connectivity index (χ3n) is 2.84. The third kappa shape index (κ3) is 8.34. The summed E-state index contributed by atoms with van der Waals surface area (Å²) in [6, 6.07) is 0.831. The molecule has 108 valence electrons. The van der Waals surface area contributed by atoms with Gasteiger partial charge in [0.05, 0.1) is 0 Å². The lowest BCUT2D eigenvalue weighted by molar-refractivity contribution is 0.0521. The minimum absolute atomic E-state index is 0.308. The topological polar surface area (TPSA) is 50.4 Å². The molecule has 0 aliphatic rings. The summed E-state index contributed by atoms with van der Waals surface area (Å²) < 4.78 is 5.21. The van der Waals surface area contributed by atoms with Crippen LogP contribution in [-0.2, 0) is 4.74 Å². The van der Waals surface area contributed by atoms with Crippen molar-refractivity contribution < 1.29 is 9.53 Å². The Morgan fingerprint density at radius 1 is 1.06 bits per heavy atom. The third-order valence-corrected chi connectivity index (χ3v) is 2.84. The summed E-state index contributed by atoms with van der Waals surface area (Å²) in [5, 5.41) is 6.37. The maximum atomic E-state index is 11.5. The summed E-state index contributed by atoms with van der Waals surface area (Å²) in [5.41, 5.74) is -0.436. The monoisotopic (exact) mass is 258 g/mol. The van der Waals surface area contributed by atoms with Gasteiger partial charge in [0.25, 0.3) is 0 Å². The number of ether oxygens (including phenoxy) is 1. The van der Waals surface area contributed by atoms with Gasteiger partial charge in [-0.2, -0.15) is 0 Å². The minimum Gasteiger partial charge on any atom is -0.444 e. The van der Waals surface area contributed by atoms with Gasteiger partial charge in [-0.15, -0.1) is 0 Å². The van der Waals surface area contributed by atoms with Gasteiger partial charge in [0.2, 0.25) is 0 Å². The molecule has 4 nitrogen and oxygen atoms in total. The van der Waals surface area contributed by atoms with Crippen molar-refractivity contribution in [2.45, 2.75) is 78.5 Å². The van der Waals surface area contributed by atoms with E-state index in [1.807, 2.05) is 20.8 Å². The Hall–Kier alpha value is -0.770. The average Bonchev–Trinajstić information content (AvgIpc) is 2.27. The van der Waals surface area contributed by atoms with Crippen molar-refractivity contribution in [3.05, 3.63) is 0 Å². The van der Waals surface area contributed by atoms with E-state index in [1.165, 1.54) is 0 Å². The van der Waals surface area contributed by atoms with Crippen LogP contribution < -0.4 is 10.6 Å². The van der Waals surface area contributed by atoms with Crippen molar-refractivity contribution in [2.75, 3.05) is 6.54 Å². The molecule has 0 fully saturated rings. The Kier molecular flexibility index (Phi) is 8.00. The van der Waals surface area contributed by atoms with E-state index in [2.05, 4.69) is 31.4 Å². The van der Waals surface area contributed by atoms with E-state index in [-0.39, 0.29) is 6.09 Å². The lowest BCUT2D eigenvalue weighted by atomic mass is 10.1. The van der Waals surface area contributed by atoms with Crippen LogP contribution in [0.4, 0.5) is 4.79 Å². The van der Waals surface area contributed by atoms with Crippen LogP contribution >= 0.6 is 0 Å². The summed E-state index contributed by atoms with van der Waals surface area (Å²) in [6.45, 7) is 12.7. The first-order valence-electron chi connectivity index (χ1n) is 7.05. The molecule has 0 heterocycles. The van der Waals surface area contributed by atoms with Gasteiger partial charge in [0.1, 0.15) is 5.60 Å². The van der Waals surface area contributed by atoms with Crippen LogP contribution in [0.1, 0.15) is 60.8 Å². The highest BCUT2D eigenvalue weighted by atomic mass is 16.6. The van der Waals surface area contributed by atoms with Gasteiger partial charge >= 0.3 is 6.09 Å². The number of hydrogen-bond acceptors (Lipinski definition) is 3. The number of nitrogens with one attached hydrogen (secondary N) is 2. The van der Waals surface area contributed by atoms with Crippen LogP contribution in [0.15, 0.2) is 0 Å². The van der Waals surface area contributed by atoms with Gasteiger partial charge < -0.3 is 15.4 Å². The Balaban J connectivity index is 4.03. The number of carbonyl (C=O) groups excluding carboxylic acids is 1. The second-order valence-corrected chi connectivity index (χ2v) is 5.67. The van der Waals surface area contributed by atoms with E-state index in [0.29, 0.717) is 18.6 Å². The van der Waals surface area contributed by atoms with E-state index in [0.717, 1.165) is 19.3 Å². The normalized spacial score (nSPS) is 13.5. The Morgan fingerprint density at radius 3 is 1.94 bits per heavy atom. The fraction of sp³-hybridized carbons (Fsp3) is 0.929. The number of alkyl carbamates (subject to hydrolysis) is 1. The average molecular weight is 258 g/mol. The molecule has 18 heavy (non-hydrogen) atoms. The molecule has 0 aromatic carbocycles. The van der Waals surface area contributed by atoms with E-state index in [9.17, 15) is 4.79 Å². The summed E-state index contributed by atoms with van der Waals surface area (Å²) >= 11 is 0. The maximum Gasteiger partial charge on any atom is 0.407 e. The van der Waals surface area contributed by atoms with Crippen LogP contribution in [-0.4, -0.2) is 30.3 Å². The van der Waals surface area contributed by atoms with Crippen molar-refractivity contribution in [2.24, 2.45) is 0 Å². The Bertz CT molecular complexity index is 232. The summed E-state index contributed by atoms with van der Waals surface area (Å²) in [5.74, 6) is 0. The molecule has 0 aliphatic carbocycles. The number of hydrogen-bond donors (Lipinski definition) is 2. The highest BCUT2D eigenvalue weighted by Crippen LogP contribution is 2.06. The molecule has 4 heteroatoms. The molecular weight excluding hydrogens is 228 g/mol. The van der Waals surface area contributed by atoms with Crippen molar-refractivity contribution in [1.82, 2.24) is 10.6 Å². The fourth-order valence-corrected chi connectivity index (χ4v) is 1.70. The summed E-state index contributed by atoms with van der Waals surface area (Å²) in [7, 11) is 0. The predicted molar refractivity (Wildman–Crippen MR) is 75.8 cm³/mol. The summed E-state index contributed by atoms with van der Waals surface area (Å²) in [4.78, 5) is 11.5.